The van der Waals surface area contributed by atoms with Gasteiger partial charge in [0.2, 0.25) is 5.88 Å². The first-order valence-electron chi connectivity index (χ1n) is 7.32. The van der Waals surface area contributed by atoms with E-state index in [0.717, 1.165) is 5.56 Å². The van der Waals surface area contributed by atoms with Crippen molar-refractivity contribution in [3.63, 3.8) is 0 Å². The highest BCUT2D eigenvalue weighted by Crippen LogP contribution is 2.16. The Morgan fingerprint density at radius 1 is 1.42 bits per heavy atom. The fourth-order valence-corrected chi connectivity index (χ4v) is 2.22. The number of nitrogens with one attached hydrogen (secondary N) is 1. The largest absolute Gasteiger partial charge is 0.478 e. The van der Waals surface area contributed by atoms with Gasteiger partial charge in [0, 0.05) is 25.9 Å². The molecule has 0 unspecified atom stereocenters. The van der Waals surface area contributed by atoms with Crippen LogP contribution < -0.4 is 10.1 Å². The number of hydrogen-bond donors (Lipinski definition) is 1. The Labute approximate surface area is 146 Å². The summed E-state index contributed by atoms with van der Waals surface area (Å²) in [5.41, 5.74) is 0.840. The monoisotopic (exact) mass is 351 g/mol. The van der Waals surface area contributed by atoms with Gasteiger partial charge in [0.05, 0.1) is 18.2 Å². The summed E-state index contributed by atoms with van der Waals surface area (Å²) < 4.78 is 15.1. The third-order valence-electron chi connectivity index (χ3n) is 2.81. The van der Waals surface area contributed by atoms with Gasteiger partial charge in [0.15, 0.2) is 5.57 Å². The zero-order valence-electron chi connectivity index (χ0n) is 14.0. The molecule has 130 valence electrons. The Morgan fingerprint density at radius 2 is 2.21 bits per heavy atom. The average Bonchev–Trinajstić information content (AvgIpc) is 2.60. The second-order valence-corrected chi connectivity index (χ2v) is 5.26. The summed E-state index contributed by atoms with van der Waals surface area (Å²) >= 11 is 1.27. The molecule has 0 aliphatic heterocycles. The van der Waals surface area contributed by atoms with Crippen molar-refractivity contribution in [2.75, 3.05) is 33.2 Å². The van der Waals surface area contributed by atoms with Crippen molar-refractivity contribution in [1.82, 2.24) is 10.3 Å². The maximum atomic E-state index is 11.9. The third kappa shape index (κ3) is 6.48. The summed E-state index contributed by atoms with van der Waals surface area (Å²) in [5.74, 6) is -0.113. The SMILES string of the molecule is CCOc1ccc(CN/C(SC)=C(/C#N)C(=O)OCCOC)cn1. The molecule has 1 aromatic rings. The van der Waals surface area contributed by atoms with Crippen LogP contribution in [0.1, 0.15) is 12.5 Å². The molecule has 0 aliphatic carbocycles. The van der Waals surface area contributed by atoms with Crippen molar-refractivity contribution in [3.05, 3.63) is 34.5 Å². The van der Waals surface area contributed by atoms with Crippen LogP contribution in [0.4, 0.5) is 0 Å². The maximum absolute atomic E-state index is 11.9. The molecule has 1 N–H and O–H groups in total. The third-order valence-corrected chi connectivity index (χ3v) is 3.57. The summed E-state index contributed by atoms with van der Waals surface area (Å²) in [5, 5.41) is 12.7. The average molecular weight is 351 g/mol. The molecule has 1 rings (SSSR count). The molecule has 1 aromatic heterocycles. The van der Waals surface area contributed by atoms with E-state index in [-0.39, 0.29) is 18.8 Å². The van der Waals surface area contributed by atoms with Gasteiger partial charge in [-0.25, -0.2) is 9.78 Å². The molecule has 7 nitrogen and oxygen atoms in total. The molecule has 0 bridgehead atoms. The fourth-order valence-electron chi connectivity index (χ4n) is 1.67. The van der Waals surface area contributed by atoms with Gasteiger partial charge in [-0.05, 0) is 18.7 Å². The van der Waals surface area contributed by atoms with Crippen LogP contribution in [-0.4, -0.2) is 44.1 Å². The van der Waals surface area contributed by atoms with Crippen molar-refractivity contribution < 1.29 is 19.0 Å². The van der Waals surface area contributed by atoms with Crippen LogP contribution in [-0.2, 0) is 20.8 Å². The minimum Gasteiger partial charge on any atom is -0.478 e. The molecule has 0 amide bonds. The molecule has 24 heavy (non-hydrogen) atoms. The highest BCUT2D eigenvalue weighted by atomic mass is 32.2. The van der Waals surface area contributed by atoms with Gasteiger partial charge >= 0.3 is 5.97 Å². The zero-order chi connectivity index (χ0) is 17.8. The predicted octanol–water partition coefficient (Wildman–Crippen LogP) is 1.86. The van der Waals surface area contributed by atoms with E-state index < -0.39 is 5.97 Å². The lowest BCUT2D eigenvalue weighted by Crippen LogP contribution is -2.18. The van der Waals surface area contributed by atoms with E-state index in [0.29, 0.717) is 24.1 Å². The molecular formula is C16H21N3O4S. The van der Waals surface area contributed by atoms with Crippen LogP contribution >= 0.6 is 11.8 Å². The summed E-state index contributed by atoms with van der Waals surface area (Å²) in [6.07, 6.45) is 3.46. The number of esters is 1. The topological polar surface area (TPSA) is 93.5 Å². The van der Waals surface area contributed by atoms with Crippen LogP contribution in [0, 0.1) is 11.3 Å². The lowest BCUT2D eigenvalue weighted by Gasteiger charge is -2.11. The van der Waals surface area contributed by atoms with Gasteiger partial charge in [-0.1, -0.05) is 6.07 Å². The highest BCUT2D eigenvalue weighted by molar-refractivity contribution is 8.02. The van der Waals surface area contributed by atoms with Crippen LogP contribution in [0.15, 0.2) is 28.9 Å². The van der Waals surface area contributed by atoms with Crippen molar-refractivity contribution in [1.29, 1.82) is 5.26 Å². The number of ether oxygens (including phenoxy) is 3. The lowest BCUT2D eigenvalue weighted by atomic mass is 10.2. The van der Waals surface area contributed by atoms with Crippen molar-refractivity contribution >= 4 is 17.7 Å². The number of carbonyl (C=O) groups excluding carboxylic acids is 1. The van der Waals surface area contributed by atoms with E-state index in [9.17, 15) is 10.1 Å². The second kappa shape index (κ2) is 11.3. The number of rotatable bonds is 10. The molecule has 0 spiro atoms. The first-order valence-corrected chi connectivity index (χ1v) is 8.54. The number of pyridine rings is 1. The molecule has 1 heterocycles. The fraction of sp³-hybridized carbons (Fsp3) is 0.438. The second-order valence-electron chi connectivity index (χ2n) is 4.44. The number of nitriles is 1. The molecule has 0 aromatic carbocycles. The number of nitrogens with zero attached hydrogens (tertiary/aromatic N) is 2. The van der Waals surface area contributed by atoms with E-state index in [4.69, 9.17) is 14.2 Å². The van der Waals surface area contributed by atoms with E-state index in [1.807, 2.05) is 19.1 Å². The Kier molecular flexibility index (Phi) is 9.34. The van der Waals surface area contributed by atoms with Crippen molar-refractivity contribution in [3.8, 4) is 11.9 Å². The Bertz CT molecular complexity index is 596. The first-order chi connectivity index (χ1) is 11.7. The number of carbonyl (C=O) groups is 1. The number of aromatic nitrogens is 1. The van der Waals surface area contributed by atoms with Crippen molar-refractivity contribution in [2.45, 2.75) is 13.5 Å². The summed E-state index contributed by atoms with van der Waals surface area (Å²) in [6, 6.07) is 5.53. The van der Waals surface area contributed by atoms with Crippen LogP contribution in [0.3, 0.4) is 0 Å². The van der Waals surface area contributed by atoms with E-state index >= 15 is 0 Å². The van der Waals surface area contributed by atoms with Gasteiger partial charge in [-0.3, -0.25) is 0 Å². The van der Waals surface area contributed by atoms with Crippen LogP contribution in [0.25, 0.3) is 0 Å². The summed E-state index contributed by atoms with van der Waals surface area (Å²) in [7, 11) is 1.51. The summed E-state index contributed by atoms with van der Waals surface area (Å²) in [4.78, 5) is 16.1. The first kappa shape index (κ1) is 19.8. The minimum absolute atomic E-state index is 0.0579. The van der Waals surface area contributed by atoms with Gasteiger partial charge in [0.1, 0.15) is 12.7 Å². The molecule has 0 radical (unpaired) electrons. The lowest BCUT2D eigenvalue weighted by molar-refractivity contribution is -0.139. The standard InChI is InChI=1S/C16H21N3O4S/c1-4-22-14-6-5-12(10-18-14)11-19-15(24-3)13(9-17)16(20)23-8-7-21-2/h5-6,10,19H,4,7-8,11H2,1-3H3/b15-13+. The van der Waals surface area contributed by atoms with E-state index in [1.54, 1.807) is 18.5 Å². The number of methoxy groups -OCH3 is 1. The molecule has 0 atom stereocenters. The zero-order valence-corrected chi connectivity index (χ0v) is 14.8. The number of thioether (sulfide) groups is 1. The molecular weight excluding hydrogens is 330 g/mol. The van der Waals surface area contributed by atoms with Crippen LogP contribution in [0.5, 0.6) is 5.88 Å². The smallest absolute Gasteiger partial charge is 0.351 e. The highest BCUT2D eigenvalue weighted by Gasteiger charge is 2.16. The van der Waals surface area contributed by atoms with Gasteiger partial charge in [-0.15, -0.1) is 11.8 Å². The van der Waals surface area contributed by atoms with E-state index in [1.165, 1.54) is 18.9 Å². The summed E-state index contributed by atoms with van der Waals surface area (Å²) in [6.45, 7) is 3.25. The van der Waals surface area contributed by atoms with Crippen LogP contribution in [0.2, 0.25) is 0 Å². The molecule has 0 fully saturated rings. The Balaban J connectivity index is 2.72. The molecule has 0 saturated carbocycles. The van der Waals surface area contributed by atoms with E-state index in [2.05, 4.69) is 10.3 Å². The van der Waals surface area contributed by atoms with Gasteiger partial charge in [0.25, 0.3) is 0 Å². The minimum atomic E-state index is -0.670. The quantitative estimate of drug-likeness (QED) is 0.295. The van der Waals surface area contributed by atoms with Gasteiger partial charge < -0.3 is 19.5 Å². The normalized spacial score (nSPS) is 11.2. The maximum Gasteiger partial charge on any atom is 0.351 e. The Hall–Kier alpha value is -2.24. The molecule has 0 aliphatic rings. The Morgan fingerprint density at radius 3 is 2.75 bits per heavy atom. The predicted molar refractivity (Wildman–Crippen MR) is 91.2 cm³/mol. The number of hydrogen-bond acceptors (Lipinski definition) is 8. The van der Waals surface area contributed by atoms with Crippen molar-refractivity contribution in [2.24, 2.45) is 0 Å². The molecule has 0 saturated heterocycles. The van der Waals surface area contributed by atoms with Gasteiger partial charge in [-0.2, -0.15) is 5.26 Å². The molecule has 8 heteroatoms.